The van der Waals surface area contributed by atoms with E-state index in [-0.39, 0.29) is 24.1 Å². The smallest absolute Gasteiger partial charge is 0.244 e. The van der Waals surface area contributed by atoms with Gasteiger partial charge in [-0.25, -0.2) is 0 Å². The van der Waals surface area contributed by atoms with E-state index in [0.29, 0.717) is 12.5 Å². The summed E-state index contributed by atoms with van der Waals surface area (Å²) < 4.78 is 0. The lowest BCUT2D eigenvalue weighted by molar-refractivity contribution is -0.125. The minimum absolute atomic E-state index is 0.0979. The van der Waals surface area contributed by atoms with E-state index in [1.165, 1.54) is 0 Å². The largest absolute Gasteiger partial charge is 0.354 e. The van der Waals surface area contributed by atoms with Gasteiger partial charge in [-0.2, -0.15) is 0 Å². The van der Waals surface area contributed by atoms with E-state index in [2.05, 4.69) is 16.0 Å². The quantitative estimate of drug-likeness (QED) is 0.547. The molecular weight excluding hydrogens is 222 g/mol. The Morgan fingerprint density at radius 3 is 2.53 bits per heavy atom. The fraction of sp³-hybridized carbons (Fsp3) is 0.727. The fourth-order valence-corrected chi connectivity index (χ4v) is 1.52. The van der Waals surface area contributed by atoms with Crippen molar-refractivity contribution in [1.29, 1.82) is 0 Å². The molecule has 1 heterocycles. The predicted molar refractivity (Wildman–Crippen MR) is 62.0 cm³/mol. The van der Waals surface area contributed by atoms with Crippen LogP contribution in [0.2, 0.25) is 0 Å². The van der Waals surface area contributed by atoms with Crippen LogP contribution < -0.4 is 16.0 Å². The first-order chi connectivity index (χ1) is 7.90. The van der Waals surface area contributed by atoms with Gasteiger partial charge in [-0.3, -0.25) is 25.0 Å². The van der Waals surface area contributed by atoms with Crippen LogP contribution >= 0.6 is 0 Å². The molecule has 0 bridgehead atoms. The highest BCUT2D eigenvalue weighted by Crippen LogP contribution is 2.02. The van der Waals surface area contributed by atoms with Gasteiger partial charge in [-0.15, -0.1) is 0 Å². The van der Waals surface area contributed by atoms with Gasteiger partial charge in [0, 0.05) is 6.54 Å². The Kier molecular flexibility index (Phi) is 4.62. The molecule has 0 aliphatic carbocycles. The summed E-state index contributed by atoms with van der Waals surface area (Å²) >= 11 is 0. The lowest BCUT2D eigenvalue weighted by atomic mass is 10.2. The molecule has 0 aromatic heterocycles. The standard InChI is InChI=1S/C11H19N3O3/c1-6(2)5-12-10(16)7(3)13-8-4-9(15)14-11(8)17/h6-8,13H,4-5H2,1-3H3,(H,12,16)(H,14,15,17). The van der Waals surface area contributed by atoms with Crippen molar-refractivity contribution >= 4 is 17.7 Å². The maximum Gasteiger partial charge on any atom is 0.244 e. The van der Waals surface area contributed by atoms with Crippen molar-refractivity contribution < 1.29 is 14.4 Å². The first-order valence-electron chi connectivity index (χ1n) is 5.77. The summed E-state index contributed by atoms with van der Waals surface area (Å²) in [5.41, 5.74) is 0. The molecule has 0 saturated carbocycles. The van der Waals surface area contributed by atoms with Crippen molar-refractivity contribution in [2.24, 2.45) is 5.92 Å². The van der Waals surface area contributed by atoms with Gasteiger partial charge in [0.25, 0.3) is 0 Å². The molecular formula is C11H19N3O3. The van der Waals surface area contributed by atoms with Crippen molar-refractivity contribution in [2.75, 3.05) is 6.54 Å². The Bertz CT molecular complexity index is 328. The Labute approximate surface area is 101 Å². The Morgan fingerprint density at radius 1 is 1.41 bits per heavy atom. The van der Waals surface area contributed by atoms with Crippen LogP contribution in [0.25, 0.3) is 0 Å². The fourth-order valence-electron chi connectivity index (χ4n) is 1.52. The third-order valence-electron chi connectivity index (χ3n) is 2.50. The molecule has 0 aromatic carbocycles. The average molecular weight is 241 g/mol. The summed E-state index contributed by atoms with van der Waals surface area (Å²) in [6.45, 7) is 6.27. The number of hydrogen-bond acceptors (Lipinski definition) is 4. The number of imide groups is 1. The molecule has 2 atom stereocenters. The van der Waals surface area contributed by atoms with E-state index in [0.717, 1.165) is 0 Å². The number of rotatable bonds is 5. The normalized spacial score (nSPS) is 21.5. The molecule has 1 rings (SSSR count). The zero-order valence-corrected chi connectivity index (χ0v) is 10.4. The molecule has 1 saturated heterocycles. The average Bonchev–Trinajstić information content (AvgIpc) is 2.53. The van der Waals surface area contributed by atoms with Gasteiger partial charge in [0.05, 0.1) is 18.5 Å². The molecule has 1 fully saturated rings. The molecule has 2 unspecified atom stereocenters. The van der Waals surface area contributed by atoms with E-state index >= 15 is 0 Å². The highest BCUT2D eigenvalue weighted by Gasteiger charge is 2.32. The van der Waals surface area contributed by atoms with Crippen molar-refractivity contribution in [3.63, 3.8) is 0 Å². The third kappa shape index (κ3) is 4.14. The van der Waals surface area contributed by atoms with Crippen LogP contribution in [0.5, 0.6) is 0 Å². The van der Waals surface area contributed by atoms with Crippen LogP contribution in [0, 0.1) is 5.92 Å². The number of carbonyl (C=O) groups excluding carboxylic acids is 3. The van der Waals surface area contributed by atoms with Gasteiger partial charge < -0.3 is 5.32 Å². The Hall–Kier alpha value is -1.43. The number of hydrogen-bond donors (Lipinski definition) is 3. The lowest BCUT2D eigenvalue weighted by Gasteiger charge is -2.17. The number of nitrogens with one attached hydrogen (secondary N) is 3. The van der Waals surface area contributed by atoms with Gasteiger partial charge in [0.2, 0.25) is 17.7 Å². The molecule has 6 heteroatoms. The molecule has 1 aliphatic rings. The zero-order valence-electron chi connectivity index (χ0n) is 10.4. The Balaban J connectivity index is 2.38. The van der Waals surface area contributed by atoms with E-state index in [9.17, 15) is 14.4 Å². The van der Waals surface area contributed by atoms with Crippen molar-refractivity contribution in [1.82, 2.24) is 16.0 Å². The van der Waals surface area contributed by atoms with E-state index in [1.54, 1.807) is 6.92 Å². The molecule has 0 aromatic rings. The van der Waals surface area contributed by atoms with Crippen LogP contribution in [0.3, 0.4) is 0 Å². The van der Waals surface area contributed by atoms with Crippen LogP contribution in [-0.4, -0.2) is 36.3 Å². The Morgan fingerprint density at radius 2 is 2.06 bits per heavy atom. The van der Waals surface area contributed by atoms with Crippen LogP contribution in [-0.2, 0) is 14.4 Å². The SMILES string of the molecule is CC(C)CNC(=O)C(C)NC1CC(=O)NC1=O. The van der Waals surface area contributed by atoms with Crippen LogP contribution in [0.4, 0.5) is 0 Å². The lowest BCUT2D eigenvalue weighted by Crippen LogP contribution is -2.49. The first-order valence-corrected chi connectivity index (χ1v) is 5.77. The highest BCUT2D eigenvalue weighted by atomic mass is 16.2. The molecule has 96 valence electrons. The van der Waals surface area contributed by atoms with Crippen LogP contribution in [0.15, 0.2) is 0 Å². The summed E-state index contributed by atoms with van der Waals surface area (Å²) in [7, 11) is 0. The maximum absolute atomic E-state index is 11.6. The molecule has 1 aliphatic heterocycles. The zero-order chi connectivity index (χ0) is 13.0. The van der Waals surface area contributed by atoms with Gasteiger partial charge >= 0.3 is 0 Å². The molecule has 0 spiro atoms. The maximum atomic E-state index is 11.6. The monoisotopic (exact) mass is 241 g/mol. The summed E-state index contributed by atoms with van der Waals surface area (Å²) in [6, 6.07) is -1.09. The van der Waals surface area contributed by atoms with E-state index in [4.69, 9.17) is 0 Å². The summed E-state index contributed by atoms with van der Waals surface area (Å²) in [5, 5.41) is 7.79. The van der Waals surface area contributed by atoms with E-state index in [1.807, 2.05) is 13.8 Å². The summed E-state index contributed by atoms with van der Waals surface area (Å²) in [6.07, 6.45) is 0.0979. The second-order valence-electron chi connectivity index (χ2n) is 4.70. The van der Waals surface area contributed by atoms with Crippen molar-refractivity contribution in [3.05, 3.63) is 0 Å². The highest BCUT2D eigenvalue weighted by molar-refractivity contribution is 6.05. The molecule has 17 heavy (non-hydrogen) atoms. The van der Waals surface area contributed by atoms with Gasteiger partial charge in [0.1, 0.15) is 0 Å². The van der Waals surface area contributed by atoms with Crippen LogP contribution in [0.1, 0.15) is 27.2 Å². The molecule has 3 N–H and O–H groups in total. The third-order valence-corrected chi connectivity index (χ3v) is 2.50. The van der Waals surface area contributed by atoms with Gasteiger partial charge in [-0.05, 0) is 12.8 Å². The molecule has 3 amide bonds. The minimum Gasteiger partial charge on any atom is -0.354 e. The topological polar surface area (TPSA) is 87.3 Å². The van der Waals surface area contributed by atoms with Crippen molar-refractivity contribution in [2.45, 2.75) is 39.3 Å². The number of amides is 3. The summed E-state index contributed by atoms with van der Waals surface area (Å²) in [5.74, 6) is -0.450. The second kappa shape index (κ2) is 5.77. The summed E-state index contributed by atoms with van der Waals surface area (Å²) in [4.78, 5) is 33.9. The number of carbonyl (C=O) groups is 3. The molecule has 0 radical (unpaired) electrons. The van der Waals surface area contributed by atoms with Gasteiger partial charge in [-0.1, -0.05) is 13.8 Å². The van der Waals surface area contributed by atoms with Crippen molar-refractivity contribution in [3.8, 4) is 0 Å². The minimum atomic E-state index is -0.595. The predicted octanol–water partition coefficient (Wildman–Crippen LogP) is -0.848. The van der Waals surface area contributed by atoms with E-state index < -0.39 is 12.1 Å². The molecule has 6 nitrogen and oxygen atoms in total. The first kappa shape index (κ1) is 13.6. The van der Waals surface area contributed by atoms with Gasteiger partial charge in [0.15, 0.2) is 0 Å². The second-order valence-corrected chi connectivity index (χ2v) is 4.70.